The Morgan fingerprint density at radius 1 is 0.809 bits per heavy atom. The van der Waals surface area contributed by atoms with Crippen LogP contribution in [-0.4, -0.2) is 116 Å². The fraction of sp³-hybridized carbons (Fsp3) is 0.396. The molecule has 362 valence electrons. The third kappa shape index (κ3) is 16.1. The van der Waals surface area contributed by atoms with Gasteiger partial charge < -0.3 is 39.2 Å². The standard InChI is InChI=1S/C53H64N4O11/c1-6-27-65-48(59)32-44(52(62)68-35-39-20-12-9-13-21-39)55-50(60)49-43-24-15-14-22-40(43)25-26-46(49)67-36-41(31-38-18-10-8-11-19-38)54-47(58)34-57(33-42-23-16-17-29-64-42)51(61)45(30-37(3)4)56(5)53(63)66-28-7-2/h6-15,18-22,24-26,37,41-42,44-45H,1-2,16-17,23,27-36H2,3-5H3,(H,54,58)(H,55,60)/t41-,42-,44+,45+/m1/s1. The van der Waals surface area contributed by atoms with Crippen molar-refractivity contribution in [3.63, 3.8) is 0 Å². The number of nitrogens with zero attached hydrogens (tertiary/aromatic N) is 2. The lowest BCUT2D eigenvalue weighted by atomic mass is 10.0. The van der Waals surface area contributed by atoms with Crippen LogP contribution in [0.25, 0.3) is 10.8 Å². The van der Waals surface area contributed by atoms with Gasteiger partial charge in [-0.15, -0.1) is 0 Å². The molecule has 4 aromatic rings. The van der Waals surface area contributed by atoms with Crippen LogP contribution in [0.15, 0.2) is 122 Å². The van der Waals surface area contributed by atoms with Crippen molar-refractivity contribution in [2.24, 2.45) is 5.92 Å². The van der Waals surface area contributed by atoms with E-state index >= 15 is 0 Å². The number of hydrogen-bond donors (Lipinski definition) is 2. The maximum Gasteiger partial charge on any atom is 0.410 e. The first-order valence-corrected chi connectivity index (χ1v) is 23.0. The topological polar surface area (TPSA) is 179 Å². The number of hydrogen-bond acceptors (Lipinski definition) is 11. The number of ether oxygens (including phenoxy) is 5. The van der Waals surface area contributed by atoms with E-state index in [0.29, 0.717) is 42.2 Å². The lowest BCUT2D eigenvalue weighted by Crippen LogP contribution is -2.55. The Morgan fingerprint density at radius 2 is 1.49 bits per heavy atom. The highest BCUT2D eigenvalue weighted by molar-refractivity contribution is 6.10. The van der Waals surface area contributed by atoms with Gasteiger partial charge in [0.15, 0.2) is 0 Å². The summed E-state index contributed by atoms with van der Waals surface area (Å²) in [5.74, 6) is -3.03. The van der Waals surface area contributed by atoms with Crippen molar-refractivity contribution in [1.82, 2.24) is 20.4 Å². The van der Waals surface area contributed by atoms with Gasteiger partial charge >= 0.3 is 18.0 Å². The van der Waals surface area contributed by atoms with E-state index in [0.717, 1.165) is 18.4 Å². The largest absolute Gasteiger partial charge is 0.491 e. The fourth-order valence-corrected chi connectivity index (χ4v) is 7.79. The van der Waals surface area contributed by atoms with Gasteiger partial charge in [0, 0.05) is 20.2 Å². The summed E-state index contributed by atoms with van der Waals surface area (Å²) in [7, 11) is 1.51. The number of carbonyl (C=O) groups excluding carboxylic acids is 6. The Kier molecular flexibility index (Phi) is 20.6. The molecule has 0 unspecified atom stereocenters. The lowest BCUT2D eigenvalue weighted by molar-refractivity contribution is -0.152. The van der Waals surface area contributed by atoms with Gasteiger partial charge in [-0.3, -0.25) is 24.1 Å². The van der Waals surface area contributed by atoms with Crippen LogP contribution in [0.5, 0.6) is 5.75 Å². The average molecular weight is 933 g/mol. The first-order chi connectivity index (χ1) is 32.9. The van der Waals surface area contributed by atoms with E-state index in [4.69, 9.17) is 23.7 Å². The molecule has 68 heavy (non-hydrogen) atoms. The number of nitrogens with one attached hydrogen (secondary N) is 2. The summed E-state index contributed by atoms with van der Waals surface area (Å²) in [6.07, 6.45) is 4.49. The molecule has 4 amide bonds. The van der Waals surface area contributed by atoms with E-state index in [9.17, 15) is 28.8 Å². The fourth-order valence-electron chi connectivity index (χ4n) is 7.79. The molecule has 1 fully saturated rings. The van der Waals surface area contributed by atoms with Crippen LogP contribution < -0.4 is 15.4 Å². The quantitative estimate of drug-likeness (QED) is 0.0398. The van der Waals surface area contributed by atoms with Crippen molar-refractivity contribution >= 4 is 46.5 Å². The third-order valence-corrected chi connectivity index (χ3v) is 11.2. The van der Waals surface area contributed by atoms with Crippen molar-refractivity contribution in [3.05, 3.63) is 139 Å². The number of esters is 2. The number of carbonyl (C=O) groups is 6. The van der Waals surface area contributed by atoms with Crippen molar-refractivity contribution in [1.29, 1.82) is 0 Å². The van der Waals surface area contributed by atoms with E-state index in [1.54, 1.807) is 48.5 Å². The zero-order chi connectivity index (χ0) is 48.8. The molecule has 2 N–H and O–H groups in total. The first kappa shape index (κ1) is 52.0. The zero-order valence-electron chi connectivity index (χ0n) is 39.3. The summed E-state index contributed by atoms with van der Waals surface area (Å²) in [5.41, 5.74) is 1.69. The summed E-state index contributed by atoms with van der Waals surface area (Å²) in [5, 5.41) is 7.00. The second kappa shape index (κ2) is 27.0. The minimum Gasteiger partial charge on any atom is -0.491 e. The molecule has 15 heteroatoms. The van der Waals surface area contributed by atoms with Crippen LogP contribution in [0.1, 0.15) is 67.4 Å². The van der Waals surface area contributed by atoms with E-state index in [1.807, 2.05) is 62.4 Å². The SMILES string of the molecule is C=CCOC(=O)C[C@H](NC(=O)c1c(OC[C@@H](Cc2ccccc2)NC(=O)CN(C[C@H]2CCCCO2)C(=O)[C@H](CC(C)C)N(C)C(=O)OCC=C)ccc2ccccc12)C(=O)OCc1ccccc1. The minimum absolute atomic E-state index is 0.0212. The smallest absolute Gasteiger partial charge is 0.410 e. The minimum atomic E-state index is -1.43. The molecule has 4 atom stereocenters. The molecular formula is C53H64N4O11. The van der Waals surface area contributed by atoms with Gasteiger partial charge in [0.25, 0.3) is 5.91 Å². The highest BCUT2D eigenvalue weighted by Crippen LogP contribution is 2.29. The van der Waals surface area contributed by atoms with Crippen LogP contribution in [-0.2, 0) is 51.2 Å². The van der Waals surface area contributed by atoms with Gasteiger partial charge in [-0.25, -0.2) is 9.59 Å². The van der Waals surface area contributed by atoms with Gasteiger partial charge in [-0.05, 0) is 66.0 Å². The summed E-state index contributed by atoms with van der Waals surface area (Å²) in [6, 6.07) is 26.0. The maximum atomic E-state index is 14.5. The Labute approximate surface area is 398 Å². The maximum absolute atomic E-state index is 14.5. The number of likely N-dealkylation sites (N-methyl/N-ethyl adjacent to an activating group) is 1. The van der Waals surface area contributed by atoms with E-state index in [-0.39, 0.29) is 62.9 Å². The number of benzene rings is 4. The van der Waals surface area contributed by atoms with E-state index in [1.165, 1.54) is 29.0 Å². The Bertz CT molecular complexity index is 2320. The molecular weight excluding hydrogens is 869 g/mol. The highest BCUT2D eigenvalue weighted by atomic mass is 16.6. The molecule has 15 nitrogen and oxygen atoms in total. The van der Waals surface area contributed by atoms with Gasteiger partial charge in [0.1, 0.15) is 44.3 Å². The van der Waals surface area contributed by atoms with Crippen LogP contribution in [0.2, 0.25) is 0 Å². The molecule has 1 aliphatic rings. The summed E-state index contributed by atoms with van der Waals surface area (Å²) < 4.78 is 28.5. The molecule has 4 aromatic carbocycles. The summed E-state index contributed by atoms with van der Waals surface area (Å²) in [6.45, 7) is 11.1. The van der Waals surface area contributed by atoms with Crippen LogP contribution in [0.4, 0.5) is 4.79 Å². The molecule has 5 rings (SSSR count). The second-order valence-electron chi connectivity index (χ2n) is 17.0. The predicted octanol–water partition coefficient (Wildman–Crippen LogP) is 6.97. The molecule has 0 saturated carbocycles. The van der Waals surface area contributed by atoms with Gasteiger partial charge in [0.05, 0.1) is 30.7 Å². The zero-order valence-corrected chi connectivity index (χ0v) is 39.3. The van der Waals surface area contributed by atoms with Crippen LogP contribution in [0.3, 0.4) is 0 Å². The number of rotatable bonds is 25. The second-order valence-corrected chi connectivity index (χ2v) is 17.0. The van der Waals surface area contributed by atoms with Crippen molar-refractivity contribution in [2.75, 3.05) is 46.6 Å². The summed E-state index contributed by atoms with van der Waals surface area (Å²) in [4.78, 5) is 85.4. The lowest BCUT2D eigenvalue weighted by Gasteiger charge is -2.35. The molecule has 0 aliphatic carbocycles. The molecule has 1 aliphatic heterocycles. The van der Waals surface area contributed by atoms with E-state index < -0.39 is 60.3 Å². The molecule has 0 radical (unpaired) electrons. The first-order valence-electron chi connectivity index (χ1n) is 23.0. The summed E-state index contributed by atoms with van der Waals surface area (Å²) >= 11 is 0. The highest BCUT2D eigenvalue weighted by Gasteiger charge is 2.35. The van der Waals surface area contributed by atoms with Gasteiger partial charge in [0.2, 0.25) is 11.8 Å². The third-order valence-electron chi connectivity index (χ3n) is 11.2. The van der Waals surface area contributed by atoms with Crippen molar-refractivity contribution in [2.45, 2.75) is 83.2 Å². The van der Waals surface area contributed by atoms with Gasteiger partial charge in [-0.1, -0.05) is 130 Å². The number of fused-ring (bicyclic) bond motifs is 1. The van der Waals surface area contributed by atoms with Crippen molar-refractivity contribution < 1.29 is 52.5 Å². The van der Waals surface area contributed by atoms with Crippen LogP contribution >= 0.6 is 0 Å². The number of amides is 4. The Morgan fingerprint density at radius 3 is 2.16 bits per heavy atom. The molecule has 0 aromatic heterocycles. The Hall–Kier alpha value is -7.00. The molecule has 1 heterocycles. The van der Waals surface area contributed by atoms with Crippen molar-refractivity contribution in [3.8, 4) is 5.75 Å². The van der Waals surface area contributed by atoms with E-state index in [2.05, 4.69) is 23.8 Å². The molecule has 0 bridgehead atoms. The monoisotopic (exact) mass is 932 g/mol. The molecule has 1 saturated heterocycles. The molecule has 0 spiro atoms. The average Bonchev–Trinajstić information content (AvgIpc) is 3.34. The van der Waals surface area contributed by atoms with Crippen LogP contribution in [0, 0.1) is 5.92 Å². The normalized spacial score (nSPS) is 14.6. The predicted molar refractivity (Wildman–Crippen MR) is 258 cm³/mol. The Balaban J connectivity index is 1.41. The van der Waals surface area contributed by atoms with Gasteiger partial charge in [-0.2, -0.15) is 0 Å².